The molecule has 4 aromatic rings. The predicted octanol–water partition coefficient (Wildman–Crippen LogP) is 5.28. The van der Waals surface area contributed by atoms with E-state index >= 15 is 0 Å². The molecule has 5 heteroatoms. The van der Waals surface area contributed by atoms with Crippen molar-refractivity contribution in [1.29, 1.82) is 0 Å². The largest absolute Gasteiger partial charge is 0.423 e. The molecule has 0 N–H and O–H groups in total. The van der Waals surface area contributed by atoms with Crippen molar-refractivity contribution in [3.63, 3.8) is 0 Å². The molecule has 1 heterocycles. The van der Waals surface area contributed by atoms with E-state index in [2.05, 4.69) is 25.9 Å². The van der Waals surface area contributed by atoms with E-state index in [4.69, 9.17) is 4.74 Å². The SMILES string of the molecule is O=C(Oc1ccc(-c2cnc3ccccc3n2)cc1)c1ccccc1Br. The van der Waals surface area contributed by atoms with Crippen LogP contribution >= 0.6 is 15.9 Å². The maximum Gasteiger partial charge on any atom is 0.344 e. The summed E-state index contributed by atoms with van der Waals surface area (Å²) in [6, 6.07) is 22.1. The van der Waals surface area contributed by atoms with Crippen LogP contribution in [0.2, 0.25) is 0 Å². The first kappa shape index (κ1) is 16.4. The summed E-state index contributed by atoms with van der Waals surface area (Å²) in [6.45, 7) is 0. The summed E-state index contributed by atoms with van der Waals surface area (Å²) in [4.78, 5) is 21.3. The lowest BCUT2D eigenvalue weighted by Gasteiger charge is -2.07. The van der Waals surface area contributed by atoms with E-state index < -0.39 is 5.97 Å². The standard InChI is InChI=1S/C21H13BrN2O2/c22-17-6-2-1-5-16(17)21(25)26-15-11-9-14(10-12-15)20-13-23-18-7-3-4-8-19(18)24-20/h1-13H. The fraction of sp³-hybridized carbons (Fsp3) is 0. The Balaban J connectivity index is 1.56. The number of benzene rings is 3. The van der Waals surface area contributed by atoms with Gasteiger partial charge < -0.3 is 4.74 Å². The third-order valence-corrected chi connectivity index (χ3v) is 4.59. The topological polar surface area (TPSA) is 52.1 Å². The van der Waals surface area contributed by atoms with Crippen LogP contribution in [0.5, 0.6) is 5.75 Å². The van der Waals surface area contributed by atoms with E-state index in [1.807, 2.05) is 42.5 Å². The highest BCUT2D eigenvalue weighted by Gasteiger charge is 2.12. The van der Waals surface area contributed by atoms with Gasteiger partial charge in [-0.25, -0.2) is 9.78 Å². The number of fused-ring (bicyclic) bond motifs is 1. The second-order valence-electron chi connectivity index (χ2n) is 5.64. The third-order valence-electron chi connectivity index (χ3n) is 3.90. The van der Waals surface area contributed by atoms with Gasteiger partial charge in [-0.15, -0.1) is 0 Å². The molecule has 0 amide bonds. The summed E-state index contributed by atoms with van der Waals surface area (Å²) in [5, 5.41) is 0. The molecule has 0 aliphatic rings. The average Bonchev–Trinajstić information content (AvgIpc) is 2.68. The monoisotopic (exact) mass is 404 g/mol. The van der Waals surface area contributed by atoms with Gasteiger partial charge in [-0.05, 0) is 64.5 Å². The van der Waals surface area contributed by atoms with E-state index in [0.29, 0.717) is 15.8 Å². The van der Waals surface area contributed by atoms with Crippen molar-refractivity contribution in [1.82, 2.24) is 9.97 Å². The quantitative estimate of drug-likeness (QED) is 0.344. The molecular weight excluding hydrogens is 392 g/mol. The highest BCUT2D eigenvalue weighted by atomic mass is 79.9. The van der Waals surface area contributed by atoms with Crippen LogP contribution in [0.4, 0.5) is 0 Å². The van der Waals surface area contributed by atoms with Gasteiger partial charge in [0.25, 0.3) is 0 Å². The number of aromatic nitrogens is 2. The van der Waals surface area contributed by atoms with Gasteiger partial charge >= 0.3 is 5.97 Å². The van der Waals surface area contributed by atoms with Crippen LogP contribution in [0.3, 0.4) is 0 Å². The number of nitrogens with zero attached hydrogens (tertiary/aromatic N) is 2. The highest BCUT2D eigenvalue weighted by Crippen LogP contribution is 2.23. The van der Waals surface area contributed by atoms with E-state index in [-0.39, 0.29) is 0 Å². The minimum atomic E-state index is -0.407. The molecule has 3 aromatic carbocycles. The van der Waals surface area contributed by atoms with E-state index in [1.165, 1.54) is 0 Å². The fourth-order valence-electron chi connectivity index (χ4n) is 2.58. The number of esters is 1. The van der Waals surface area contributed by atoms with Crippen molar-refractivity contribution < 1.29 is 9.53 Å². The van der Waals surface area contributed by atoms with Crippen LogP contribution in [0.1, 0.15) is 10.4 Å². The van der Waals surface area contributed by atoms with Gasteiger partial charge in [-0.2, -0.15) is 0 Å². The molecule has 0 spiro atoms. The van der Waals surface area contributed by atoms with Crippen molar-refractivity contribution in [3.05, 3.63) is 89.0 Å². The molecule has 0 unspecified atom stereocenters. The molecule has 4 rings (SSSR count). The number of hydrogen-bond acceptors (Lipinski definition) is 4. The van der Waals surface area contributed by atoms with Gasteiger partial charge in [0.2, 0.25) is 0 Å². The van der Waals surface area contributed by atoms with Gasteiger partial charge in [-0.3, -0.25) is 4.98 Å². The van der Waals surface area contributed by atoms with Gasteiger partial charge in [0.05, 0.1) is 28.5 Å². The van der Waals surface area contributed by atoms with Crippen LogP contribution in [0.25, 0.3) is 22.3 Å². The molecule has 26 heavy (non-hydrogen) atoms. The molecule has 126 valence electrons. The fourth-order valence-corrected chi connectivity index (χ4v) is 3.03. The van der Waals surface area contributed by atoms with E-state index in [0.717, 1.165) is 22.3 Å². The predicted molar refractivity (Wildman–Crippen MR) is 104 cm³/mol. The number of para-hydroxylation sites is 2. The molecule has 0 atom stereocenters. The van der Waals surface area contributed by atoms with Crippen molar-refractivity contribution in [2.45, 2.75) is 0 Å². The summed E-state index contributed by atoms with van der Waals surface area (Å²) < 4.78 is 6.14. The molecule has 0 radical (unpaired) electrons. The maximum absolute atomic E-state index is 12.3. The van der Waals surface area contributed by atoms with Crippen LogP contribution in [0.15, 0.2) is 83.5 Å². The zero-order valence-electron chi connectivity index (χ0n) is 13.6. The molecule has 0 fully saturated rings. The summed E-state index contributed by atoms with van der Waals surface area (Å²) in [6.07, 6.45) is 1.74. The summed E-state index contributed by atoms with van der Waals surface area (Å²) in [5.41, 5.74) is 3.86. The molecule has 1 aromatic heterocycles. The Bertz CT molecular complexity index is 1090. The Morgan fingerprint density at radius 1 is 0.846 bits per heavy atom. The Kier molecular flexibility index (Phi) is 4.46. The Labute approximate surface area is 158 Å². The number of hydrogen-bond donors (Lipinski definition) is 0. The van der Waals surface area contributed by atoms with Gasteiger partial charge in [0.15, 0.2) is 0 Å². The van der Waals surface area contributed by atoms with Crippen LogP contribution in [-0.2, 0) is 0 Å². The Hall–Kier alpha value is -3.05. The number of carbonyl (C=O) groups is 1. The number of carbonyl (C=O) groups excluding carboxylic acids is 1. The first-order valence-electron chi connectivity index (χ1n) is 8.00. The molecule has 0 aliphatic carbocycles. The van der Waals surface area contributed by atoms with Crippen LogP contribution in [0, 0.1) is 0 Å². The summed E-state index contributed by atoms with van der Waals surface area (Å²) >= 11 is 3.36. The second-order valence-corrected chi connectivity index (χ2v) is 6.49. The van der Waals surface area contributed by atoms with Crippen molar-refractivity contribution in [3.8, 4) is 17.0 Å². The lowest BCUT2D eigenvalue weighted by Crippen LogP contribution is -2.09. The van der Waals surface area contributed by atoms with Crippen molar-refractivity contribution in [2.75, 3.05) is 0 Å². The minimum Gasteiger partial charge on any atom is -0.423 e. The molecule has 4 nitrogen and oxygen atoms in total. The lowest BCUT2D eigenvalue weighted by atomic mass is 10.1. The molecule has 0 aliphatic heterocycles. The first-order valence-corrected chi connectivity index (χ1v) is 8.79. The van der Waals surface area contributed by atoms with Gasteiger partial charge in [-0.1, -0.05) is 24.3 Å². The minimum absolute atomic E-state index is 0.407. The second kappa shape index (κ2) is 7.06. The van der Waals surface area contributed by atoms with Crippen LogP contribution < -0.4 is 4.74 Å². The Morgan fingerprint density at radius 3 is 2.31 bits per heavy atom. The summed E-state index contributed by atoms with van der Waals surface area (Å²) in [5.74, 6) is 0.0685. The zero-order valence-corrected chi connectivity index (χ0v) is 15.2. The van der Waals surface area contributed by atoms with E-state index in [9.17, 15) is 4.79 Å². The van der Waals surface area contributed by atoms with Crippen molar-refractivity contribution >= 4 is 32.9 Å². The zero-order chi connectivity index (χ0) is 17.9. The smallest absolute Gasteiger partial charge is 0.344 e. The normalized spacial score (nSPS) is 10.7. The highest BCUT2D eigenvalue weighted by molar-refractivity contribution is 9.10. The maximum atomic E-state index is 12.3. The number of ether oxygens (including phenoxy) is 1. The van der Waals surface area contributed by atoms with Gasteiger partial charge in [0, 0.05) is 10.0 Å². The molecule has 0 saturated heterocycles. The Morgan fingerprint density at radius 2 is 1.54 bits per heavy atom. The lowest BCUT2D eigenvalue weighted by molar-refractivity contribution is 0.0734. The molecule has 0 saturated carbocycles. The number of halogens is 1. The third kappa shape index (κ3) is 3.34. The van der Waals surface area contributed by atoms with Crippen LogP contribution in [-0.4, -0.2) is 15.9 Å². The number of rotatable bonds is 3. The van der Waals surface area contributed by atoms with E-state index in [1.54, 1.807) is 36.5 Å². The summed E-state index contributed by atoms with van der Waals surface area (Å²) in [7, 11) is 0. The van der Waals surface area contributed by atoms with Gasteiger partial charge in [0.1, 0.15) is 5.75 Å². The molecular formula is C21H13BrN2O2. The average molecular weight is 405 g/mol. The molecule has 0 bridgehead atoms. The van der Waals surface area contributed by atoms with Crippen molar-refractivity contribution in [2.24, 2.45) is 0 Å². The first-order chi connectivity index (χ1) is 12.7.